The average molecular weight is 402 g/mol. The van der Waals surface area contributed by atoms with E-state index in [1.54, 1.807) is 0 Å². The summed E-state index contributed by atoms with van der Waals surface area (Å²) in [7, 11) is 0. The smallest absolute Gasteiger partial charge is 0.367 e. The quantitative estimate of drug-likeness (QED) is 0.331. The second-order valence-electron chi connectivity index (χ2n) is 4.02. The highest BCUT2D eigenvalue weighted by molar-refractivity contribution is 8.13. The zero-order chi connectivity index (χ0) is 18.2. The van der Waals surface area contributed by atoms with Crippen LogP contribution in [0.15, 0.2) is 0 Å². The van der Waals surface area contributed by atoms with Gasteiger partial charge in [0.05, 0.1) is 0 Å². The van der Waals surface area contributed by atoms with E-state index in [2.05, 4.69) is 0 Å². The molecule has 6 N–H and O–H groups in total. The van der Waals surface area contributed by atoms with Crippen LogP contribution in [0.25, 0.3) is 0 Å². The van der Waals surface area contributed by atoms with E-state index in [-0.39, 0.29) is 13.2 Å². The summed E-state index contributed by atoms with van der Waals surface area (Å²) in [5.41, 5.74) is 15.9. The van der Waals surface area contributed by atoms with Crippen molar-refractivity contribution in [1.29, 1.82) is 0 Å². The van der Waals surface area contributed by atoms with Crippen LogP contribution in [0, 0.1) is 0 Å². The highest BCUT2D eigenvalue weighted by atomic mass is 32.2. The van der Waals surface area contributed by atoms with Gasteiger partial charge < -0.3 is 31.4 Å². The maximum atomic E-state index is 11.6. The van der Waals surface area contributed by atoms with E-state index in [4.69, 9.17) is 31.4 Å². The molecule has 12 heteroatoms. The molecule has 0 rings (SSSR count). The zero-order valence-corrected chi connectivity index (χ0v) is 15.6. The lowest BCUT2D eigenvalue weighted by molar-refractivity contribution is 0.0277. The summed E-state index contributed by atoms with van der Waals surface area (Å²) in [6.45, 7) is 0.550. The summed E-state index contributed by atoms with van der Waals surface area (Å²) >= 11 is 2.72. The standard InChI is InChI=1S/C12H23N3O6S3/c13-1-4-22-10(16)19-7-9(21-12(18)24-6-3-15)8-20-11(17)23-5-2-14/h9H,1-8,13-15H2. The van der Waals surface area contributed by atoms with E-state index >= 15 is 0 Å². The third kappa shape index (κ3) is 13.7. The van der Waals surface area contributed by atoms with Crippen molar-refractivity contribution in [3.05, 3.63) is 0 Å². The van der Waals surface area contributed by atoms with Gasteiger partial charge in [-0.05, 0) is 35.3 Å². The molecule has 9 nitrogen and oxygen atoms in total. The van der Waals surface area contributed by atoms with E-state index in [0.29, 0.717) is 36.9 Å². The topological polar surface area (TPSA) is 157 Å². The number of carbonyl (C=O) groups is 3. The molecule has 0 saturated heterocycles. The minimum atomic E-state index is -0.896. The summed E-state index contributed by atoms with van der Waals surface area (Å²) in [6, 6.07) is 0. The Morgan fingerprint density at radius 2 is 1.08 bits per heavy atom. The van der Waals surface area contributed by atoms with Crippen LogP contribution >= 0.6 is 35.3 Å². The van der Waals surface area contributed by atoms with Crippen LogP contribution in [0.5, 0.6) is 0 Å². The first-order chi connectivity index (χ1) is 11.5. The maximum absolute atomic E-state index is 11.6. The largest absolute Gasteiger partial charge is 0.453 e. The highest BCUT2D eigenvalue weighted by Crippen LogP contribution is 2.12. The van der Waals surface area contributed by atoms with Crippen molar-refractivity contribution in [2.75, 3.05) is 50.1 Å². The monoisotopic (exact) mass is 401 g/mol. The van der Waals surface area contributed by atoms with Crippen molar-refractivity contribution in [3.63, 3.8) is 0 Å². The lowest BCUT2D eigenvalue weighted by Crippen LogP contribution is -2.29. The van der Waals surface area contributed by atoms with Crippen LogP contribution in [0.2, 0.25) is 0 Å². The molecule has 0 heterocycles. The predicted molar refractivity (Wildman–Crippen MR) is 97.5 cm³/mol. The van der Waals surface area contributed by atoms with Gasteiger partial charge in [-0.15, -0.1) is 0 Å². The first-order valence-electron chi connectivity index (χ1n) is 7.06. The van der Waals surface area contributed by atoms with Gasteiger partial charge in [0.15, 0.2) is 6.10 Å². The van der Waals surface area contributed by atoms with E-state index in [1.807, 2.05) is 0 Å². The Labute approximate surface area is 153 Å². The molecule has 0 atom stereocenters. The first kappa shape index (κ1) is 23.3. The highest BCUT2D eigenvalue weighted by Gasteiger charge is 2.20. The summed E-state index contributed by atoms with van der Waals surface area (Å²) in [5.74, 6) is 1.23. The third-order valence-electron chi connectivity index (χ3n) is 2.05. The average Bonchev–Trinajstić information content (AvgIpc) is 2.58. The van der Waals surface area contributed by atoms with Crippen molar-refractivity contribution >= 4 is 51.2 Å². The zero-order valence-electron chi connectivity index (χ0n) is 13.1. The lowest BCUT2D eigenvalue weighted by Gasteiger charge is -2.17. The van der Waals surface area contributed by atoms with Crippen molar-refractivity contribution in [2.45, 2.75) is 6.10 Å². The van der Waals surface area contributed by atoms with E-state index in [1.165, 1.54) is 0 Å². The molecule has 0 saturated carbocycles. The van der Waals surface area contributed by atoms with Gasteiger partial charge in [-0.25, -0.2) is 14.4 Å². The fraction of sp³-hybridized carbons (Fsp3) is 0.750. The van der Waals surface area contributed by atoms with Gasteiger partial charge >= 0.3 is 15.9 Å². The fourth-order valence-corrected chi connectivity index (χ4v) is 2.48. The Morgan fingerprint density at radius 3 is 1.46 bits per heavy atom. The molecule has 0 unspecified atom stereocenters. The molecule has 0 radical (unpaired) electrons. The molecular formula is C12H23N3O6S3. The molecule has 0 aliphatic rings. The Bertz CT molecular complexity index is 365. The first-order valence-corrected chi connectivity index (χ1v) is 10.0. The summed E-state index contributed by atoms with van der Waals surface area (Å²) < 4.78 is 15.0. The Balaban J connectivity index is 4.34. The van der Waals surface area contributed by atoms with Crippen LogP contribution in [0.4, 0.5) is 14.4 Å². The minimum Gasteiger partial charge on any atom is -0.453 e. The summed E-state index contributed by atoms with van der Waals surface area (Å²) in [4.78, 5) is 34.5. The van der Waals surface area contributed by atoms with Crippen molar-refractivity contribution in [3.8, 4) is 0 Å². The Kier molecular flexibility index (Phi) is 15.4. The molecule has 0 aliphatic carbocycles. The van der Waals surface area contributed by atoms with Gasteiger partial charge in [-0.1, -0.05) is 0 Å². The van der Waals surface area contributed by atoms with Crippen molar-refractivity contribution < 1.29 is 28.6 Å². The number of thioether (sulfide) groups is 3. The van der Waals surface area contributed by atoms with Gasteiger partial charge in [0.2, 0.25) is 0 Å². The van der Waals surface area contributed by atoms with Gasteiger partial charge in [0.25, 0.3) is 0 Å². The van der Waals surface area contributed by atoms with Crippen molar-refractivity contribution in [1.82, 2.24) is 0 Å². The molecule has 0 aromatic rings. The van der Waals surface area contributed by atoms with Gasteiger partial charge in [0, 0.05) is 36.9 Å². The lowest BCUT2D eigenvalue weighted by atomic mass is 10.4. The molecule has 140 valence electrons. The third-order valence-corrected chi connectivity index (χ3v) is 4.41. The van der Waals surface area contributed by atoms with Crippen molar-refractivity contribution in [2.24, 2.45) is 17.2 Å². The summed E-state index contributed by atoms with van der Waals surface area (Å²) in [6.07, 6.45) is -0.896. The van der Waals surface area contributed by atoms with Crippen LogP contribution in [-0.2, 0) is 14.2 Å². The van der Waals surface area contributed by atoms with E-state index in [0.717, 1.165) is 35.3 Å². The number of hydrogen-bond donors (Lipinski definition) is 3. The van der Waals surface area contributed by atoms with E-state index in [9.17, 15) is 14.4 Å². The molecule has 0 spiro atoms. The number of ether oxygens (including phenoxy) is 3. The van der Waals surface area contributed by atoms with Gasteiger partial charge in [-0.3, -0.25) is 0 Å². The predicted octanol–water partition coefficient (Wildman–Crippen LogP) is 0.840. The molecule has 24 heavy (non-hydrogen) atoms. The van der Waals surface area contributed by atoms with Crippen LogP contribution in [0.1, 0.15) is 0 Å². The summed E-state index contributed by atoms with van der Waals surface area (Å²) in [5, 5.41) is -1.67. The second-order valence-corrected chi connectivity index (χ2v) is 7.11. The number of carbonyl (C=O) groups excluding carboxylic acids is 3. The fourth-order valence-electron chi connectivity index (χ4n) is 1.12. The molecule has 0 amide bonds. The van der Waals surface area contributed by atoms with Crippen LogP contribution < -0.4 is 17.2 Å². The number of hydrogen-bond acceptors (Lipinski definition) is 12. The molecule has 0 bridgehead atoms. The maximum Gasteiger partial charge on any atom is 0.367 e. The molecule has 0 fully saturated rings. The SMILES string of the molecule is NCCSC(=O)OCC(COC(=O)SCCN)OC(=O)SCCN. The van der Waals surface area contributed by atoms with E-state index < -0.39 is 22.0 Å². The molecule has 0 aliphatic heterocycles. The minimum absolute atomic E-state index is 0.222. The Morgan fingerprint density at radius 1 is 0.708 bits per heavy atom. The van der Waals surface area contributed by atoms with Crippen LogP contribution in [0.3, 0.4) is 0 Å². The Hall–Kier alpha value is -0.660. The molecule has 0 aromatic carbocycles. The molecule has 0 aromatic heterocycles. The number of nitrogens with two attached hydrogens (primary N) is 3. The second kappa shape index (κ2) is 15.8. The molecular weight excluding hydrogens is 378 g/mol. The van der Waals surface area contributed by atoms with Gasteiger partial charge in [0.1, 0.15) is 13.2 Å². The van der Waals surface area contributed by atoms with Crippen LogP contribution in [-0.4, -0.2) is 72.1 Å². The van der Waals surface area contributed by atoms with Gasteiger partial charge in [-0.2, -0.15) is 0 Å². The number of rotatable bonds is 11. The normalized spacial score (nSPS) is 10.5.